The second-order valence-electron chi connectivity index (χ2n) is 2.89. The van der Waals surface area contributed by atoms with Gasteiger partial charge in [-0.1, -0.05) is 12.1 Å². The van der Waals surface area contributed by atoms with Gasteiger partial charge in [0.1, 0.15) is 5.75 Å². The third-order valence-corrected chi connectivity index (χ3v) is 1.73. The molecule has 0 fully saturated rings. The maximum atomic E-state index is 12.0. The van der Waals surface area contributed by atoms with E-state index in [1.807, 2.05) is 0 Å². The van der Waals surface area contributed by atoms with E-state index < -0.39 is 24.5 Å². The highest BCUT2D eigenvalue weighted by atomic mass is 19.4. The van der Waals surface area contributed by atoms with E-state index in [9.17, 15) is 22.0 Å². The lowest BCUT2D eigenvalue weighted by Gasteiger charge is -2.15. The molecule has 0 unspecified atom stereocenters. The topological polar surface area (TPSA) is 29.5 Å². The number of aliphatic hydroxyl groups excluding tert-OH is 1. The maximum Gasteiger partial charge on any atom is 0.418 e. The number of benzene rings is 1. The molecule has 1 aromatic rings. The van der Waals surface area contributed by atoms with E-state index >= 15 is 0 Å². The number of halogens is 5. The van der Waals surface area contributed by atoms with Crippen LogP contribution < -0.4 is 4.74 Å². The van der Waals surface area contributed by atoms with Crippen molar-refractivity contribution in [1.82, 2.24) is 0 Å². The molecule has 0 amide bonds. The van der Waals surface area contributed by atoms with Gasteiger partial charge in [0.05, 0.1) is 0 Å². The first kappa shape index (κ1) is 12.7. The van der Waals surface area contributed by atoms with Gasteiger partial charge in [-0.05, 0) is 17.7 Å². The van der Waals surface area contributed by atoms with Crippen molar-refractivity contribution in [2.75, 3.05) is 0 Å². The number of alkyl halides is 5. The Morgan fingerprint density at radius 2 is 1.56 bits per heavy atom. The van der Waals surface area contributed by atoms with Crippen LogP contribution in [0.25, 0.3) is 0 Å². The van der Waals surface area contributed by atoms with Crippen LogP contribution in [0.2, 0.25) is 0 Å². The van der Waals surface area contributed by atoms with Gasteiger partial charge < -0.3 is 9.84 Å². The van der Waals surface area contributed by atoms with Crippen molar-refractivity contribution in [2.24, 2.45) is 0 Å². The van der Waals surface area contributed by atoms with E-state index in [4.69, 9.17) is 5.11 Å². The average Bonchev–Trinajstić information content (AvgIpc) is 2.15. The average molecular weight is 242 g/mol. The van der Waals surface area contributed by atoms with Crippen molar-refractivity contribution in [3.63, 3.8) is 0 Å². The van der Waals surface area contributed by atoms with Crippen LogP contribution in [0.4, 0.5) is 22.0 Å². The van der Waals surface area contributed by atoms with E-state index in [1.54, 1.807) is 0 Å². The number of rotatable bonds is 3. The molecule has 0 radical (unpaired) electrons. The zero-order valence-corrected chi connectivity index (χ0v) is 7.71. The molecule has 0 saturated carbocycles. The monoisotopic (exact) mass is 242 g/mol. The molecule has 0 spiro atoms. The van der Waals surface area contributed by atoms with Crippen LogP contribution >= 0.6 is 0 Å². The molecule has 1 atom stereocenters. The summed E-state index contributed by atoms with van der Waals surface area (Å²) in [6.45, 7) is -3.04. The highest BCUT2D eigenvalue weighted by Gasteiger charge is 2.39. The largest absolute Gasteiger partial charge is 0.435 e. The number of hydrogen-bond acceptors (Lipinski definition) is 2. The summed E-state index contributed by atoms with van der Waals surface area (Å²) in [6, 6.07) is 3.60. The van der Waals surface area contributed by atoms with Crippen LogP contribution in [0, 0.1) is 0 Å². The van der Waals surface area contributed by atoms with Crippen molar-refractivity contribution in [2.45, 2.75) is 18.9 Å². The Hall–Kier alpha value is -1.37. The van der Waals surface area contributed by atoms with E-state index in [1.165, 1.54) is 0 Å². The molecular weight excluding hydrogens is 235 g/mol. The number of aliphatic hydroxyl groups is 1. The fraction of sp³-hybridized carbons (Fsp3) is 0.333. The summed E-state index contributed by atoms with van der Waals surface area (Å²) in [5.41, 5.74) is -0.436. The third-order valence-electron chi connectivity index (χ3n) is 1.73. The molecule has 16 heavy (non-hydrogen) atoms. The van der Waals surface area contributed by atoms with Crippen molar-refractivity contribution >= 4 is 0 Å². The first-order valence-corrected chi connectivity index (χ1v) is 4.10. The SMILES string of the molecule is O[C@H](c1ccc(OC(F)F)cc1)C(F)(F)F. The molecule has 1 aromatic carbocycles. The molecule has 0 aliphatic heterocycles. The van der Waals surface area contributed by atoms with Crippen molar-refractivity contribution < 1.29 is 31.8 Å². The van der Waals surface area contributed by atoms with Gasteiger partial charge in [0.25, 0.3) is 0 Å². The Morgan fingerprint density at radius 3 is 1.94 bits per heavy atom. The summed E-state index contributed by atoms with van der Waals surface area (Å²) in [4.78, 5) is 0. The molecule has 1 rings (SSSR count). The predicted molar refractivity (Wildman–Crippen MR) is 44.1 cm³/mol. The summed E-state index contributed by atoms with van der Waals surface area (Å²) in [7, 11) is 0. The second-order valence-corrected chi connectivity index (χ2v) is 2.89. The molecule has 0 bridgehead atoms. The van der Waals surface area contributed by atoms with E-state index in [2.05, 4.69) is 4.74 Å². The summed E-state index contributed by atoms with van der Waals surface area (Å²) >= 11 is 0. The lowest BCUT2D eigenvalue weighted by atomic mass is 10.1. The van der Waals surface area contributed by atoms with Gasteiger partial charge >= 0.3 is 12.8 Å². The Labute approximate surface area is 87.3 Å². The van der Waals surface area contributed by atoms with Gasteiger partial charge in [0.2, 0.25) is 0 Å². The highest BCUT2D eigenvalue weighted by molar-refractivity contribution is 5.29. The molecule has 0 aromatic heterocycles. The van der Waals surface area contributed by atoms with E-state index in [0.29, 0.717) is 0 Å². The fourth-order valence-corrected chi connectivity index (χ4v) is 1.02. The number of hydrogen-bond donors (Lipinski definition) is 1. The van der Waals surface area contributed by atoms with Gasteiger partial charge in [-0.2, -0.15) is 22.0 Å². The first-order valence-electron chi connectivity index (χ1n) is 4.10. The second kappa shape index (κ2) is 4.65. The summed E-state index contributed by atoms with van der Waals surface area (Å²) in [5.74, 6) is -0.270. The maximum absolute atomic E-state index is 12.0. The Balaban J connectivity index is 2.79. The molecular formula is C9H7F5O2. The Morgan fingerprint density at radius 1 is 1.06 bits per heavy atom. The third kappa shape index (κ3) is 3.34. The van der Waals surface area contributed by atoms with Crippen LogP contribution in [0.15, 0.2) is 24.3 Å². The zero-order chi connectivity index (χ0) is 12.3. The molecule has 90 valence electrons. The van der Waals surface area contributed by atoms with Gasteiger partial charge in [-0.25, -0.2) is 0 Å². The van der Waals surface area contributed by atoms with Gasteiger partial charge in [-0.3, -0.25) is 0 Å². The minimum atomic E-state index is -4.79. The lowest BCUT2D eigenvalue weighted by molar-refractivity contribution is -0.206. The molecule has 0 heterocycles. The molecule has 1 N–H and O–H groups in total. The van der Waals surface area contributed by atoms with Gasteiger partial charge in [0, 0.05) is 0 Å². The smallest absolute Gasteiger partial charge is 0.418 e. The minimum absolute atomic E-state index is 0.270. The normalized spacial score (nSPS) is 13.9. The molecule has 7 heteroatoms. The molecule has 2 nitrogen and oxygen atoms in total. The van der Waals surface area contributed by atoms with E-state index in [-0.39, 0.29) is 5.75 Å². The van der Waals surface area contributed by atoms with Gasteiger partial charge in [-0.15, -0.1) is 0 Å². The van der Waals surface area contributed by atoms with Crippen LogP contribution in [0.5, 0.6) is 5.75 Å². The highest BCUT2D eigenvalue weighted by Crippen LogP contribution is 2.33. The minimum Gasteiger partial charge on any atom is -0.435 e. The molecule has 0 saturated heterocycles. The Bertz CT molecular complexity index is 333. The fourth-order valence-electron chi connectivity index (χ4n) is 1.02. The number of ether oxygens (including phenoxy) is 1. The van der Waals surface area contributed by atoms with Crippen LogP contribution in [-0.4, -0.2) is 17.9 Å². The summed E-state index contributed by atoms with van der Waals surface area (Å²) in [5, 5.41) is 8.82. The first-order chi connectivity index (χ1) is 7.30. The van der Waals surface area contributed by atoms with Crippen LogP contribution in [0.1, 0.15) is 11.7 Å². The molecule has 0 aliphatic carbocycles. The summed E-state index contributed by atoms with van der Waals surface area (Å²) < 4.78 is 63.5. The van der Waals surface area contributed by atoms with Crippen molar-refractivity contribution in [1.29, 1.82) is 0 Å². The predicted octanol–water partition coefficient (Wildman–Crippen LogP) is 2.88. The van der Waals surface area contributed by atoms with E-state index in [0.717, 1.165) is 24.3 Å². The van der Waals surface area contributed by atoms with Crippen LogP contribution in [0.3, 0.4) is 0 Å². The quantitative estimate of drug-likeness (QED) is 0.826. The van der Waals surface area contributed by atoms with Crippen molar-refractivity contribution in [3.8, 4) is 5.75 Å². The van der Waals surface area contributed by atoms with Crippen LogP contribution in [-0.2, 0) is 0 Å². The van der Waals surface area contributed by atoms with Crippen molar-refractivity contribution in [3.05, 3.63) is 29.8 Å². The van der Waals surface area contributed by atoms with Gasteiger partial charge in [0.15, 0.2) is 6.10 Å². The Kier molecular flexibility index (Phi) is 3.69. The zero-order valence-electron chi connectivity index (χ0n) is 7.71. The summed E-state index contributed by atoms with van der Waals surface area (Å²) in [6.07, 6.45) is -7.42. The molecule has 0 aliphatic rings. The lowest BCUT2D eigenvalue weighted by Crippen LogP contribution is -2.20. The standard InChI is InChI=1S/C9H7F5O2/c10-8(11)16-6-3-1-5(2-4-6)7(15)9(12,13)14/h1-4,7-8,15H/t7-/m1/s1.